The monoisotopic (exact) mass is 326 g/mol. The second kappa shape index (κ2) is 7.09. The normalized spacial score (nSPS) is 13.5. The summed E-state index contributed by atoms with van der Waals surface area (Å²) in [5.41, 5.74) is 2.90. The molecule has 0 aliphatic carbocycles. The molecule has 0 fully saturated rings. The molecular weight excluding hydrogens is 308 g/mol. The Morgan fingerprint density at radius 3 is 2.68 bits per heavy atom. The summed E-state index contributed by atoms with van der Waals surface area (Å²) in [7, 11) is 0. The number of hydrogen-bond acceptors (Lipinski definition) is 4. The SMILES string of the molecule is C1=CCC=NC(c2nc(NCc3ccccc3)c3ccccc3n2)=C1. The van der Waals surface area contributed by atoms with Crippen molar-refractivity contribution in [1.29, 1.82) is 0 Å². The third-order valence-electron chi connectivity index (χ3n) is 4.00. The van der Waals surface area contributed by atoms with Crippen LogP contribution in [0.5, 0.6) is 0 Å². The van der Waals surface area contributed by atoms with Gasteiger partial charge in [0.2, 0.25) is 0 Å². The zero-order valence-electron chi connectivity index (χ0n) is 13.8. The Hall–Kier alpha value is -3.27. The van der Waals surface area contributed by atoms with E-state index in [1.807, 2.05) is 60.8 Å². The van der Waals surface area contributed by atoms with E-state index in [9.17, 15) is 0 Å². The number of rotatable bonds is 4. The van der Waals surface area contributed by atoms with Crippen LogP contribution in [0.4, 0.5) is 5.82 Å². The highest BCUT2D eigenvalue weighted by Crippen LogP contribution is 2.24. The number of fused-ring (bicyclic) bond motifs is 1. The zero-order chi connectivity index (χ0) is 16.9. The van der Waals surface area contributed by atoms with Crippen LogP contribution in [0.3, 0.4) is 0 Å². The minimum atomic E-state index is 0.636. The van der Waals surface area contributed by atoms with Crippen LogP contribution in [0.1, 0.15) is 17.8 Å². The molecule has 0 radical (unpaired) electrons. The van der Waals surface area contributed by atoms with Gasteiger partial charge in [0, 0.05) is 24.6 Å². The Morgan fingerprint density at radius 1 is 0.920 bits per heavy atom. The molecule has 1 aliphatic heterocycles. The number of anilines is 1. The number of benzene rings is 2. The Morgan fingerprint density at radius 2 is 1.76 bits per heavy atom. The largest absolute Gasteiger partial charge is 0.365 e. The van der Waals surface area contributed by atoms with E-state index in [2.05, 4.69) is 33.5 Å². The van der Waals surface area contributed by atoms with E-state index in [1.54, 1.807) is 0 Å². The predicted molar refractivity (Wildman–Crippen MR) is 104 cm³/mol. The van der Waals surface area contributed by atoms with Gasteiger partial charge in [-0.1, -0.05) is 54.6 Å². The van der Waals surface area contributed by atoms with Gasteiger partial charge in [0.25, 0.3) is 0 Å². The fourth-order valence-electron chi connectivity index (χ4n) is 2.73. The van der Waals surface area contributed by atoms with Crippen LogP contribution < -0.4 is 5.32 Å². The first kappa shape index (κ1) is 15.3. The van der Waals surface area contributed by atoms with Crippen molar-refractivity contribution in [3.05, 3.63) is 84.2 Å². The van der Waals surface area contributed by atoms with E-state index in [0.29, 0.717) is 12.4 Å². The van der Waals surface area contributed by atoms with Crippen LogP contribution in [0.15, 0.2) is 77.8 Å². The van der Waals surface area contributed by atoms with Crippen LogP contribution in [0.2, 0.25) is 0 Å². The molecule has 2 heterocycles. The van der Waals surface area contributed by atoms with Gasteiger partial charge in [0.05, 0.1) is 5.52 Å². The van der Waals surface area contributed by atoms with Crippen molar-refractivity contribution in [2.75, 3.05) is 5.32 Å². The molecule has 122 valence electrons. The maximum absolute atomic E-state index is 4.74. The quantitative estimate of drug-likeness (QED) is 0.761. The molecule has 0 amide bonds. The summed E-state index contributed by atoms with van der Waals surface area (Å²) >= 11 is 0. The minimum absolute atomic E-state index is 0.636. The van der Waals surface area contributed by atoms with Crippen molar-refractivity contribution in [3.63, 3.8) is 0 Å². The maximum Gasteiger partial charge on any atom is 0.180 e. The maximum atomic E-state index is 4.74. The third kappa shape index (κ3) is 3.48. The average molecular weight is 326 g/mol. The Bertz CT molecular complexity index is 972. The van der Waals surface area contributed by atoms with E-state index in [4.69, 9.17) is 4.98 Å². The minimum Gasteiger partial charge on any atom is -0.365 e. The van der Waals surface area contributed by atoms with Crippen molar-refractivity contribution in [3.8, 4) is 0 Å². The Balaban J connectivity index is 1.73. The van der Waals surface area contributed by atoms with Gasteiger partial charge >= 0.3 is 0 Å². The van der Waals surface area contributed by atoms with Gasteiger partial charge in [-0.2, -0.15) is 0 Å². The molecule has 25 heavy (non-hydrogen) atoms. The van der Waals surface area contributed by atoms with E-state index in [0.717, 1.165) is 28.8 Å². The molecular formula is C21H18N4. The molecule has 1 aromatic heterocycles. The first-order valence-electron chi connectivity index (χ1n) is 8.34. The van der Waals surface area contributed by atoms with E-state index in [1.165, 1.54) is 5.56 Å². The van der Waals surface area contributed by atoms with Gasteiger partial charge < -0.3 is 5.32 Å². The van der Waals surface area contributed by atoms with Crippen molar-refractivity contribution in [1.82, 2.24) is 9.97 Å². The topological polar surface area (TPSA) is 50.2 Å². The molecule has 1 aliphatic rings. The Kier molecular flexibility index (Phi) is 4.33. The fourth-order valence-corrected chi connectivity index (χ4v) is 2.73. The molecule has 4 rings (SSSR count). The number of allylic oxidation sites excluding steroid dienone is 3. The molecule has 2 aromatic carbocycles. The van der Waals surface area contributed by atoms with Crippen LogP contribution >= 0.6 is 0 Å². The van der Waals surface area contributed by atoms with E-state index in [-0.39, 0.29) is 0 Å². The van der Waals surface area contributed by atoms with Gasteiger partial charge in [0.15, 0.2) is 5.82 Å². The second-order valence-corrected chi connectivity index (χ2v) is 5.78. The summed E-state index contributed by atoms with van der Waals surface area (Å²) < 4.78 is 0. The van der Waals surface area contributed by atoms with Crippen molar-refractivity contribution in [2.45, 2.75) is 13.0 Å². The summed E-state index contributed by atoms with van der Waals surface area (Å²) in [6.07, 6.45) is 8.72. The average Bonchev–Trinajstić information content (AvgIpc) is 2.96. The molecule has 0 saturated carbocycles. The summed E-state index contributed by atoms with van der Waals surface area (Å²) in [6.45, 7) is 0.712. The molecule has 0 bridgehead atoms. The molecule has 0 spiro atoms. The van der Waals surface area contributed by atoms with Crippen molar-refractivity contribution in [2.24, 2.45) is 4.99 Å². The highest BCUT2D eigenvalue weighted by molar-refractivity contribution is 5.90. The number of para-hydroxylation sites is 1. The van der Waals surface area contributed by atoms with E-state index < -0.39 is 0 Å². The number of nitrogens with one attached hydrogen (secondary N) is 1. The molecule has 0 unspecified atom stereocenters. The van der Waals surface area contributed by atoms with Gasteiger partial charge in [-0.05, 0) is 23.8 Å². The zero-order valence-corrected chi connectivity index (χ0v) is 13.8. The van der Waals surface area contributed by atoms with Gasteiger partial charge in [-0.25, -0.2) is 9.97 Å². The molecule has 1 N–H and O–H groups in total. The lowest BCUT2D eigenvalue weighted by Crippen LogP contribution is -2.05. The summed E-state index contributed by atoms with van der Waals surface area (Å²) in [4.78, 5) is 13.9. The van der Waals surface area contributed by atoms with Crippen LogP contribution in [0.25, 0.3) is 16.6 Å². The molecule has 4 heteroatoms. The molecule has 4 nitrogen and oxygen atoms in total. The second-order valence-electron chi connectivity index (χ2n) is 5.78. The van der Waals surface area contributed by atoms with Crippen molar-refractivity contribution < 1.29 is 0 Å². The first-order valence-corrected chi connectivity index (χ1v) is 8.34. The number of aliphatic imine (C=N–C) groups is 1. The Labute approximate surface area is 146 Å². The highest BCUT2D eigenvalue weighted by Gasteiger charge is 2.10. The highest BCUT2D eigenvalue weighted by atomic mass is 15.0. The first-order chi connectivity index (χ1) is 12.4. The fraction of sp³-hybridized carbons (Fsp3) is 0.0952. The molecule has 3 aromatic rings. The number of nitrogens with zero attached hydrogens (tertiary/aromatic N) is 3. The van der Waals surface area contributed by atoms with Crippen LogP contribution in [0, 0.1) is 0 Å². The van der Waals surface area contributed by atoms with Gasteiger partial charge in [-0.15, -0.1) is 0 Å². The van der Waals surface area contributed by atoms with E-state index >= 15 is 0 Å². The number of hydrogen-bond donors (Lipinski definition) is 1. The third-order valence-corrected chi connectivity index (χ3v) is 4.00. The lowest BCUT2D eigenvalue weighted by molar-refractivity contribution is 1.08. The van der Waals surface area contributed by atoms with Gasteiger partial charge in [-0.3, -0.25) is 4.99 Å². The molecule has 0 atom stereocenters. The van der Waals surface area contributed by atoms with Crippen LogP contribution in [-0.4, -0.2) is 16.2 Å². The van der Waals surface area contributed by atoms with Gasteiger partial charge in [0.1, 0.15) is 11.5 Å². The molecule has 0 saturated heterocycles. The lowest BCUT2D eigenvalue weighted by Gasteiger charge is -2.11. The lowest BCUT2D eigenvalue weighted by atomic mass is 10.2. The summed E-state index contributed by atoms with van der Waals surface area (Å²) in [5.74, 6) is 1.46. The predicted octanol–water partition coefficient (Wildman–Crippen LogP) is 4.61. The summed E-state index contributed by atoms with van der Waals surface area (Å²) in [6, 6.07) is 18.3. The van der Waals surface area contributed by atoms with Crippen molar-refractivity contribution >= 4 is 28.6 Å². The van der Waals surface area contributed by atoms with Crippen LogP contribution in [-0.2, 0) is 6.54 Å². The smallest absolute Gasteiger partial charge is 0.180 e. The summed E-state index contributed by atoms with van der Waals surface area (Å²) in [5, 5.41) is 4.46. The standard InChI is InChI=1S/C21H18N4/c1-3-9-16(10-4-1)15-23-20-17-11-6-7-12-18(17)24-21(25-20)19-13-5-2-8-14-22-19/h1-7,9-14H,8,15H2,(H,23,24,25). The number of aromatic nitrogens is 2.